The van der Waals surface area contributed by atoms with Crippen molar-refractivity contribution in [1.29, 1.82) is 0 Å². The van der Waals surface area contributed by atoms with E-state index >= 15 is 0 Å². The maximum absolute atomic E-state index is 12.7. The van der Waals surface area contributed by atoms with E-state index in [1.165, 1.54) is 0 Å². The number of halogens is 3. The number of hydrogen-bond acceptors (Lipinski definition) is 6. The van der Waals surface area contributed by atoms with Crippen molar-refractivity contribution in [3.63, 3.8) is 0 Å². The molecule has 1 saturated heterocycles. The third-order valence-corrected chi connectivity index (χ3v) is 5.63. The molecule has 188 valence electrons. The number of aryl methyl sites for hydroxylation is 1. The van der Waals surface area contributed by atoms with Gasteiger partial charge in [0.15, 0.2) is 17.2 Å². The number of aliphatic carboxylic acids is 1. The molecule has 1 aliphatic rings. The minimum atomic E-state index is -5.08. The fraction of sp³-hybridized carbons (Fsp3) is 0.292. The number of carbonyl (C=O) groups excluding carboxylic acids is 1. The highest BCUT2D eigenvalue weighted by molar-refractivity contribution is 5.91. The van der Waals surface area contributed by atoms with Crippen LogP contribution in [0.4, 0.5) is 13.2 Å². The van der Waals surface area contributed by atoms with Gasteiger partial charge >= 0.3 is 12.1 Å². The number of nitrogens with zero attached hydrogens (tertiary/aromatic N) is 5. The van der Waals surface area contributed by atoms with Gasteiger partial charge in [0.1, 0.15) is 5.76 Å². The number of piperidine rings is 1. The van der Waals surface area contributed by atoms with Crippen LogP contribution in [0.25, 0.3) is 16.8 Å². The van der Waals surface area contributed by atoms with Gasteiger partial charge in [-0.1, -0.05) is 0 Å². The summed E-state index contributed by atoms with van der Waals surface area (Å²) in [5.41, 5.74) is 2.95. The third-order valence-electron chi connectivity index (χ3n) is 5.63. The molecule has 12 heteroatoms. The number of rotatable bonds is 3. The molecule has 4 aromatic heterocycles. The lowest BCUT2D eigenvalue weighted by Gasteiger charge is -2.30. The molecule has 0 aromatic carbocycles. The molecule has 5 heterocycles. The Labute approximate surface area is 203 Å². The summed E-state index contributed by atoms with van der Waals surface area (Å²) in [6, 6.07) is 11.5. The predicted octanol–water partition coefficient (Wildman–Crippen LogP) is 4.35. The molecule has 0 aliphatic carbocycles. The van der Waals surface area contributed by atoms with Gasteiger partial charge in [-0.2, -0.15) is 18.3 Å². The summed E-state index contributed by atoms with van der Waals surface area (Å²) >= 11 is 0. The molecule has 9 nitrogen and oxygen atoms in total. The van der Waals surface area contributed by atoms with Gasteiger partial charge in [-0.3, -0.25) is 9.78 Å². The number of pyridine rings is 2. The van der Waals surface area contributed by atoms with E-state index in [9.17, 15) is 18.0 Å². The molecule has 1 unspecified atom stereocenters. The summed E-state index contributed by atoms with van der Waals surface area (Å²) in [6.07, 6.45) is 2.35. The van der Waals surface area contributed by atoms with E-state index in [1.54, 1.807) is 18.5 Å². The van der Waals surface area contributed by atoms with Crippen LogP contribution in [0.2, 0.25) is 0 Å². The average molecular weight is 501 g/mol. The zero-order valence-electron chi connectivity index (χ0n) is 19.1. The van der Waals surface area contributed by atoms with Crippen molar-refractivity contribution in [3.8, 4) is 11.1 Å². The molecule has 4 aromatic rings. The van der Waals surface area contributed by atoms with E-state index in [2.05, 4.69) is 4.98 Å². The summed E-state index contributed by atoms with van der Waals surface area (Å²) in [7, 11) is 0. The first kappa shape index (κ1) is 24.9. The Balaban J connectivity index is 0.000000384. The Hall–Kier alpha value is -4.22. The fourth-order valence-electron chi connectivity index (χ4n) is 3.87. The van der Waals surface area contributed by atoms with Crippen molar-refractivity contribution in [2.75, 3.05) is 13.1 Å². The molecule has 1 N–H and O–H groups in total. The highest BCUT2D eigenvalue weighted by Gasteiger charge is 2.38. The number of hydrogen-bond donors (Lipinski definition) is 1. The molecule has 1 atom stereocenters. The van der Waals surface area contributed by atoms with Gasteiger partial charge in [0.25, 0.3) is 5.91 Å². The summed E-state index contributed by atoms with van der Waals surface area (Å²) in [5, 5.41) is 11.8. The quantitative estimate of drug-likeness (QED) is 0.444. The molecule has 1 amide bonds. The molecular formula is C24H22F3N5O4. The fourth-order valence-corrected chi connectivity index (χ4v) is 3.87. The van der Waals surface area contributed by atoms with E-state index in [4.69, 9.17) is 24.4 Å². The first-order valence-electron chi connectivity index (χ1n) is 11.0. The van der Waals surface area contributed by atoms with E-state index in [0.29, 0.717) is 12.3 Å². The highest BCUT2D eigenvalue weighted by Crippen LogP contribution is 2.27. The number of carboxylic acid groups (broad SMARTS) is 1. The zero-order valence-corrected chi connectivity index (χ0v) is 19.1. The second-order valence-corrected chi connectivity index (χ2v) is 8.23. The number of alkyl halides is 3. The van der Waals surface area contributed by atoms with Crippen molar-refractivity contribution in [2.24, 2.45) is 0 Å². The maximum atomic E-state index is 12.7. The topological polar surface area (TPSA) is 114 Å². The smallest absolute Gasteiger partial charge is 0.475 e. The van der Waals surface area contributed by atoms with Crippen LogP contribution in [-0.2, 0) is 4.79 Å². The number of amides is 1. The lowest BCUT2D eigenvalue weighted by Crippen LogP contribution is -2.39. The SMILES string of the molecule is Cc1ccc(C(=O)N2CCCC(c3nc4ccc(-c5ccncc5)cn4n3)C2)o1.O=C(O)C(F)(F)F. The van der Waals surface area contributed by atoms with Crippen LogP contribution in [0.15, 0.2) is 59.4 Å². The molecule has 36 heavy (non-hydrogen) atoms. The monoisotopic (exact) mass is 501 g/mol. The first-order chi connectivity index (χ1) is 17.1. The Morgan fingerprint density at radius 1 is 1.08 bits per heavy atom. The van der Waals surface area contributed by atoms with Gasteiger partial charge in [-0.25, -0.2) is 14.3 Å². The molecule has 1 fully saturated rings. The molecule has 0 saturated carbocycles. The molecule has 0 bridgehead atoms. The van der Waals surface area contributed by atoms with Crippen LogP contribution in [0, 0.1) is 6.92 Å². The van der Waals surface area contributed by atoms with Crippen molar-refractivity contribution in [1.82, 2.24) is 24.5 Å². The Morgan fingerprint density at radius 3 is 2.44 bits per heavy atom. The lowest BCUT2D eigenvalue weighted by molar-refractivity contribution is -0.192. The van der Waals surface area contributed by atoms with Crippen molar-refractivity contribution < 1.29 is 32.3 Å². The van der Waals surface area contributed by atoms with Crippen LogP contribution in [0.1, 0.15) is 40.9 Å². The van der Waals surface area contributed by atoms with Gasteiger partial charge in [0.2, 0.25) is 0 Å². The zero-order chi connectivity index (χ0) is 25.9. The van der Waals surface area contributed by atoms with Crippen LogP contribution in [0.3, 0.4) is 0 Å². The number of fused-ring (bicyclic) bond motifs is 1. The summed E-state index contributed by atoms with van der Waals surface area (Å²) in [5.74, 6) is -0.779. The van der Waals surface area contributed by atoms with Gasteiger partial charge in [-0.15, -0.1) is 0 Å². The maximum Gasteiger partial charge on any atom is 0.490 e. The molecule has 5 rings (SSSR count). The van der Waals surface area contributed by atoms with Crippen LogP contribution in [0.5, 0.6) is 0 Å². The lowest BCUT2D eigenvalue weighted by atomic mass is 9.97. The predicted molar refractivity (Wildman–Crippen MR) is 121 cm³/mol. The summed E-state index contributed by atoms with van der Waals surface area (Å²) in [6.45, 7) is 3.18. The van der Waals surface area contributed by atoms with Crippen molar-refractivity contribution in [3.05, 3.63) is 72.3 Å². The normalized spacial score (nSPS) is 15.9. The van der Waals surface area contributed by atoms with Crippen LogP contribution < -0.4 is 0 Å². The minimum absolute atomic E-state index is 0.0634. The first-order valence-corrected chi connectivity index (χ1v) is 11.0. The molecule has 0 spiro atoms. The van der Waals surface area contributed by atoms with Gasteiger partial charge in [0.05, 0.1) is 0 Å². The van der Waals surface area contributed by atoms with Gasteiger partial charge < -0.3 is 14.4 Å². The number of likely N-dealkylation sites (tertiary alicyclic amines) is 1. The molecule has 0 radical (unpaired) electrons. The van der Waals surface area contributed by atoms with Crippen LogP contribution >= 0.6 is 0 Å². The minimum Gasteiger partial charge on any atom is -0.475 e. The van der Waals surface area contributed by atoms with Gasteiger partial charge in [0, 0.05) is 43.2 Å². The second kappa shape index (κ2) is 10.2. The third kappa shape index (κ3) is 5.70. The summed E-state index contributed by atoms with van der Waals surface area (Å²) in [4.78, 5) is 32.3. The number of aromatic nitrogens is 4. The van der Waals surface area contributed by atoms with Crippen molar-refractivity contribution >= 4 is 17.5 Å². The molecule has 1 aliphatic heterocycles. The standard InChI is InChI=1S/C22H21N5O2.C2HF3O2/c1-15-4-6-19(29-15)22(28)26-12-2-3-18(13-26)21-24-20-7-5-17(14-27(20)25-21)16-8-10-23-11-9-16;3-2(4,5)1(6)7/h4-11,14,18H,2-3,12-13H2,1H3;(H,6,7). The largest absolute Gasteiger partial charge is 0.490 e. The second-order valence-electron chi connectivity index (χ2n) is 8.23. The Bertz CT molecular complexity index is 1370. The van der Waals surface area contributed by atoms with E-state index in [1.807, 2.05) is 52.9 Å². The number of furan rings is 1. The van der Waals surface area contributed by atoms with E-state index < -0.39 is 12.1 Å². The van der Waals surface area contributed by atoms with Crippen molar-refractivity contribution in [2.45, 2.75) is 31.9 Å². The van der Waals surface area contributed by atoms with Crippen LogP contribution in [-0.4, -0.2) is 60.7 Å². The highest BCUT2D eigenvalue weighted by atomic mass is 19.4. The van der Waals surface area contributed by atoms with Gasteiger partial charge in [-0.05, 0) is 61.7 Å². The van der Waals surface area contributed by atoms with E-state index in [0.717, 1.165) is 47.7 Å². The average Bonchev–Trinajstić information content (AvgIpc) is 3.50. The molecular weight excluding hydrogens is 479 g/mol. The van der Waals surface area contributed by atoms with E-state index in [-0.39, 0.29) is 11.8 Å². The number of carbonyl (C=O) groups is 2. The Kier molecular flexibility index (Phi) is 7.04. The summed E-state index contributed by atoms with van der Waals surface area (Å²) < 4.78 is 39.1. The number of carboxylic acids is 1. The Morgan fingerprint density at radius 2 is 1.81 bits per heavy atom.